The number of carbonyl (C=O) groups excluding carboxylic acids is 2. The number of benzene rings is 1. The highest BCUT2D eigenvalue weighted by molar-refractivity contribution is 7.71. The van der Waals surface area contributed by atoms with Crippen molar-refractivity contribution in [2.24, 2.45) is 5.92 Å². The summed E-state index contributed by atoms with van der Waals surface area (Å²) >= 11 is 5.37. The molecular weight excluding hydrogens is 398 g/mol. The number of amides is 2. The van der Waals surface area contributed by atoms with E-state index < -0.39 is 0 Å². The van der Waals surface area contributed by atoms with E-state index in [-0.39, 0.29) is 24.3 Å². The van der Waals surface area contributed by atoms with Crippen LogP contribution in [0.2, 0.25) is 0 Å². The molecule has 2 N–H and O–H groups in total. The molecular formula is C22H29N5O2S. The number of likely N-dealkylation sites (tertiary alicyclic amines) is 1. The third-order valence-electron chi connectivity index (χ3n) is 6.20. The average molecular weight is 428 g/mol. The topological polar surface area (TPSA) is 83.0 Å². The van der Waals surface area contributed by atoms with Gasteiger partial charge in [-0.05, 0) is 36.5 Å². The van der Waals surface area contributed by atoms with Crippen LogP contribution in [0.4, 0.5) is 0 Å². The van der Waals surface area contributed by atoms with Crippen LogP contribution in [0.5, 0.6) is 0 Å². The summed E-state index contributed by atoms with van der Waals surface area (Å²) < 4.78 is 2.17. The zero-order valence-corrected chi connectivity index (χ0v) is 18.0. The minimum Gasteiger partial charge on any atom is -0.354 e. The number of nitrogens with zero attached hydrogens (tertiary/aromatic N) is 3. The van der Waals surface area contributed by atoms with Crippen LogP contribution in [-0.4, -0.2) is 44.6 Å². The fraction of sp³-hybridized carbons (Fsp3) is 0.545. The quantitative estimate of drug-likeness (QED) is 0.665. The van der Waals surface area contributed by atoms with Gasteiger partial charge in [0.25, 0.3) is 0 Å². The molecule has 1 saturated carbocycles. The van der Waals surface area contributed by atoms with Crippen molar-refractivity contribution in [1.29, 1.82) is 0 Å². The fourth-order valence-electron chi connectivity index (χ4n) is 4.55. The van der Waals surface area contributed by atoms with Gasteiger partial charge in [0, 0.05) is 32.0 Å². The van der Waals surface area contributed by atoms with E-state index in [4.69, 9.17) is 12.2 Å². The first-order valence-electron chi connectivity index (χ1n) is 10.8. The van der Waals surface area contributed by atoms with Gasteiger partial charge in [0.05, 0.1) is 0 Å². The third kappa shape index (κ3) is 4.98. The Morgan fingerprint density at radius 3 is 2.73 bits per heavy atom. The van der Waals surface area contributed by atoms with Crippen LogP contribution >= 0.6 is 12.2 Å². The molecule has 8 heteroatoms. The molecule has 2 amide bonds. The summed E-state index contributed by atoms with van der Waals surface area (Å²) in [5, 5.41) is 10.2. The maximum absolute atomic E-state index is 12.6. The summed E-state index contributed by atoms with van der Waals surface area (Å²) in [5.41, 5.74) is 1.10. The number of hydrogen-bond acceptors (Lipinski definition) is 4. The summed E-state index contributed by atoms with van der Waals surface area (Å²) in [6.07, 6.45) is 6.59. The van der Waals surface area contributed by atoms with Gasteiger partial charge in [-0.3, -0.25) is 19.3 Å². The van der Waals surface area contributed by atoms with E-state index in [2.05, 4.69) is 15.5 Å². The molecule has 0 bridgehead atoms. The van der Waals surface area contributed by atoms with E-state index >= 15 is 0 Å². The normalized spacial score (nSPS) is 19.9. The molecule has 1 aliphatic carbocycles. The largest absolute Gasteiger partial charge is 0.354 e. The van der Waals surface area contributed by atoms with Crippen LogP contribution in [-0.2, 0) is 22.7 Å². The average Bonchev–Trinajstić information content (AvgIpc) is 3.30. The van der Waals surface area contributed by atoms with Crippen molar-refractivity contribution in [3.63, 3.8) is 0 Å². The zero-order chi connectivity index (χ0) is 20.9. The molecule has 4 rings (SSSR count). The lowest BCUT2D eigenvalue weighted by Gasteiger charge is -2.22. The summed E-state index contributed by atoms with van der Waals surface area (Å²) in [7, 11) is 0. The van der Waals surface area contributed by atoms with Crippen molar-refractivity contribution in [2.45, 2.75) is 57.5 Å². The standard InChI is InChI=1S/C22H29N5O2S/c28-19(23-12-16-7-3-1-4-8-16)15-27-21(24-25-22(27)30)18-11-20(29)26(14-18)13-17-9-5-2-6-10-17/h2,5-6,9-10,16,18H,1,3-4,7-8,11-15H2,(H,23,28)(H,25,30). The van der Waals surface area contributed by atoms with Crippen molar-refractivity contribution >= 4 is 24.0 Å². The van der Waals surface area contributed by atoms with Gasteiger partial charge in [0.1, 0.15) is 12.4 Å². The number of rotatable bonds is 7. The van der Waals surface area contributed by atoms with Crippen LogP contribution in [0.15, 0.2) is 30.3 Å². The predicted octanol–water partition coefficient (Wildman–Crippen LogP) is 3.15. The molecule has 1 aliphatic heterocycles. The van der Waals surface area contributed by atoms with Gasteiger partial charge in [-0.2, -0.15) is 5.10 Å². The zero-order valence-electron chi connectivity index (χ0n) is 17.2. The Kier molecular flexibility index (Phi) is 6.62. The Morgan fingerprint density at radius 1 is 1.20 bits per heavy atom. The monoisotopic (exact) mass is 427 g/mol. The van der Waals surface area contributed by atoms with Gasteiger partial charge in [0.15, 0.2) is 4.77 Å². The highest BCUT2D eigenvalue weighted by Gasteiger charge is 2.34. The van der Waals surface area contributed by atoms with Crippen LogP contribution in [0, 0.1) is 10.7 Å². The summed E-state index contributed by atoms with van der Waals surface area (Å²) in [4.78, 5) is 27.0. The van der Waals surface area contributed by atoms with E-state index in [1.54, 1.807) is 4.57 Å². The van der Waals surface area contributed by atoms with Crippen LogP contribution in [0.25, 0.3) is 0 Å². The summed E-state index contributed by atoms with van der Waals surface area (Å²) in [6.45, 7) is 2.03. The van der Waals surface area contributed by atoms with Gasteiger partial charge in [-0.15, -0.1) is 0 Å². The lowest BCUT2D eigenvalue weighted by molar-refractivity contribution is -0.128. The van der Waals surface area contributed by atoms with Crippen molar-refractivity contribution in [1.82, 2.24) is 25.0 Å². The summed E-state index contributed by atoms with van der Waals surface area (Å²) in [5.74, 6) is 1.26. The second-order valence-corrected chi connectivity index (χ2v) is 8.83. The lowest BCUT2D eigenvalue weighted by Crippen LogP contribution is -2.33. The molecule has 2 aromatic rings. The highest BCUT2D eigenvalue weighted by atomic mass is 32.1. The van der Waals surface area contributed by atoms with E-state index in [1.165, 1.54) is 32.1 Å². The molecule has 0 spiro atoms. The Morgan fingerprint density at radius 2 is 1.97 bits per heavy atom. The lowest BCUT2D eigenvalue weighted by atomic mass is 9.89. The van der Waals surface area contributed by atoms with Crippen LogP contribution in [0.3, 0.4) is 0 Å². The van der Waals surface area contributed by atoms with Gasteiger partial charge in [-0.1, -0.05) is 49.6 Å². The van der Waals surface area contributed by atoms with Gasteiger partial charge >= 0.3 is 0 Å². The predicted molar refractivity (Wildman–Crippen MR) is 116 cm³/mol. The fourth-order valence-corrected chi connectivity index (χ4v) is 4.75. The first kappa shape index (κ1) is 20.8. The van der Waals surface area contributed by atoms with Crippen molar-refractivity contribution in [3.05, 3.63) is 46.5 Å². The molecule has 1 aromatic carbocycles. The second kappa shape index (κ2) is 9.55. The summed E-state index contributed by atoms with van der Waals surface area (Å²) in [6, 6.07) is 9.96. The van der Waals surface area contributed by atoms with E-state index in [1.807, 2.05) is 35.2 Å². The molecule has 1 atom stereocenters. The number of aromatic amines is 1. The van der Waals surface area contributed by atoms with Crippen molar-refractivity contribution < 1.29 is 9.59 Å². The number of hydrogen-bond donors (Lipinski definition) is 2. The smallest absolute Gasteiger partial charge is 0.240 e. The first-order valence-corrected chi connectivity index (χ1v) is 11.2. The Balaban J connectivity index is 1.37. The maximum Gasteiger partial charge on any atom is 0.240 e. The Labute approximate surface area is 181 Å². The molecule has 1 saturated heterocycles. The minimum atomic E-state index is -0.0692. The van der Waals surface area contributed by atoms with E-state index in [9.17, 15) is 9.59 Å². The molecule has 30 heavy (non-hydrogen) atoms. The molecule has 1 unspecified atom stereocenters. The van der Waals surface area contributed by atoms with Crippen molar-refractivity contribution in [2.75, 3.05) is 13.1 Å². The molecule has 2 aliphatic rings. The minimum absolute atomic E-state index is 0.0511. The number of aromatic nitrogens is 3. The van der Waals surface area contributed by atoms with E-state index in [0.29, 0.717) is 36.0 Å². The van der Waals surface area contributed by atoms with Crippen LogP contribution in [0.1, 0.15) is 55.8 Å². The number of nitrogens with one attached hydrogen (secondary N) is 2. The third-order valence-corrected chi connectivity index (χ3v) is 6.51. The molecule has 1 aromatic heterocycles. The molecule has 160 valence electrons. The number of carbonyl (C=O) groups is 2. The second-order valence-electron chi connectivity index (χ2n) is 8.44. The highest BCUT2D eigenvalue weighted by Crippen LogP contribution is 2.28. The van der Waals surface area contributed by atoms with Crippen LogP contribution < -0.4 is 5.32 Å². The molecule has 2 fully saturated rings. The molecule has 0 radical (unpaired) electrons. The first-order chi connectivity index (χ1) is 14.6. The molecule has 7 nitrogen and oxygen atoms in total. The molecule has 2 heterocycles. The Bertz CT molecular complexity index is 933. The van der Waals surface area contributed by atoms with Gasteiger partial charge in [-0.25, -0.2) is 0 Å². The Hall–Kier alpha value is -2.48. The van der Waals surface area contributed by atoms with Gasteiger partial charge in [0.2, 0.25) is 11.8 Å². The van der Waals surface area contributed by atoms with E-state index in [0.717, 1.165) is 12.1 Å². The van der Waals surface area contributed by atoms with Gasteiger partial charge < -0.3 is 10.2 Å². The SMILES string of the molecule is O=C(Cn1c(C2CC(=O)N(Cc3ccccc3)C2)n[nH]c1=S)NCC1CCCCC1. The maximum atomic E-state index is 12.6. The number of H-pyrrole nitrogens is 1. The van der Waals surface area contributed by atoms with Crippen molar-refractivity contribution in [3.8, 4) is 0 Å².